The van der Waals surface area contributed by atoms with Crippen molar-refractivity contribution in [1.29, 1.82) is 0 Å². The lowest BCUT2D eigenvalue weighted by molar-refractivity contribution is 0.628. The second kappa shape index (κ2) is 6.49. The number of hydrogen-bond acceptors (Lipinski definition) is 3. The molecule has 0 radical (unpaired) electrons. The van der Waals surface area contributed by atoms with Crippen LogP contribution in [0.15, 0.2) is 48.8 Å². The van der Waals surface area contributed by atoms with E-state index in [2.05, 4.69) is 20.5 Å². The molecule has 2 heterocycles. The standard InChI is InChI=1S/C17H17FN4/c1-19-9-8-15-16(12-6-10-20-11-7-12)17(22-21-15)13-2-4-14(18)5-3-13/h2-7,10-11,19H,8-9H2,1H3,(H,21,22). The first-order valence-electron chi connectivity index (χ1n) is 7.18. The molecule has 3 aromatic rings. The molecule has 112 valence electrons. The van der Waals surface area contributed by atoms with E-state index in [0.717, 1.165) is 41.0 Å². The fraction of sp³-hybridized carbons (Fsp3) is 0.176. The lowest BCUT2D eigenvalue weighted by Gasteiger charge is -2.06. The molecule has 5 heteroatoms. The van der Waals surface area contributed by atoms with Crippen LogP contribution in [0.5, 0.6) is 0 Å². The predicted octanol–water partition coefficient (Wildman–Crippen LogP) is 3.04. The molecule has 0 atom stereocenters. The van der Waals surface area contributed by atoms with Crippen molar-refractivity contribution in [2.75, 3.05) is 13.6 Å². The molecule has 0 aliphatic heterocycles. The number of benzene rings is 1. The van der Waals surface area contributed by atoms with Crippen molar-refractivity contribution >= 4 is 0 Å². The number of hydrogen-bond donors (Lipinski definition) is 2. The van der Waals surface area contributed by atoms with Gasteiger partial charge in [-0.05, 0) is 49.0 Å². The second-order valence-corrected chi connectivity index (χ2v) is 5.02. The summed E-state index contributed by atoms with van der Waals surface area (Å²) in [6, 6.07) is 10.3. The molecule has 0 saturated heterocycles. The lowest BCUT2D eigenvalue weighted by Crippen LogP contribution is -2.11. The first-order valence-corrected chi connectivity index (χ1v) is 7.18. The summed E-state index contributed by atoms with van der Waals surface area (Å²) in [5.74, 6) is -0.250. The van der Waals surface area contributed by atoms with Crippen molar-refractivity contribution in [3.8, 4) is 22.4 Å². The van der Waals surface area contributed by atoms with Crippen LogP contribution in [-0.2, 0) is 6.42 Å². The SMILES string of the molecule is CNCCc1[nH]nc(-c2ccc(F)cc2)c1-c1ccncc1. The van der Waals surface area contributed by atoms with Crippen molar-refractivity contribution in [3.05, 3.63) is 60.3 Å². The minimum Gasteiger partial charge on any atom is -0.319 e. The van der Waals surface area contributed by atoms with Crippen LogP contribution in [0.3, 0.4) is 0 Å². The third-order valence-corrected chi connectivity index (χ3v) is 3.55. The molecule has 0 amide bonds. The monoisotopic (exact) mass is 296 g/mol. The third-order valence-electron chi connectivity index (χ3n) is 3.55. The van der Waals surface area contributed by atoms with Gasteiger partial charge in [0.2, 0.25) is 0 Å². The van der Waals surface area contributed by atoms with E-state index in [1.165, 1.54) is 12.1 Å². The maximum Gasteiger partial charge on any atom is 0.123 e. The Bertz CT molecular complexity index is 735. The largest absolute Gasteiger partial charge is 0.319 e. The molecule has 0 bridgehead atoms. The number of halogens is 1. The van der Waals surface area contributed by atoms with Crippen LogP contribution < -0.4 is 5.32 Å². The smallest absolute Gasteiger partial charge is 0.123 e. The van der Waals surface area contributed by atoms with E-state index in [0.29, 0.717) is 0 Å². The fourth-order valence-electron chi connectivity index (χ4n) is 2.46. The molecule has 0 aliphatic rings. The highest BCUT2D eigenvalue weighted by Crippen LogP contribution is 2.33. The molecule has 1 aromatic carbocycles. The number of pyridine rings is 1. The number of aromatic nitrogens is 3. The summed E-state index contributed by atoms with van der Waals surface area (Å²) < 4.78 is 13.2. The van der Waals surface area contributed by atoms with Crippen LogP contribution in [0, 0.1) is 5.82 Å². The Morgan fingerprint density at radius 2 is 1.77 bits per heavy atom. The Balaban J connectivity index is 2.10. The summed E-state index contributed by atoms with van der Waals surface area (Å²) in [5, 5.41) is 10.7. The summed E-state index contributed by atoms with van der Waals surface area (Å²) in [6.07, 6.45) is 4.36. The molecular formula is C17H17FN4. The van der Waals surface area contributed by atoms with Gasteiger partial charge in [-0.15, -0.1) is 0 Å². The highest BCUT2D eigenvalue weighted by Gasteiger charge is 2.16. The van der Waals surface area contributed by atoms with Gasteiger partial charge in [0.25, 0.3) is 0 Å². The molecule has 4 nitrogen and oxygen atoms in total. The molecule has 2 N–H and O–H groups in total. The van der Waals surface area contributed by atoms with E-state index in [1.807, 2.05) is 19.2 Å². The van der Waals surface area contributed by atoms with Gasteiger partial charge in [0.15, 0.2) is 0 Å². The Morgan fingerprint density at radius 1 is 1.05 bits per heavy atom. The zero-order valence-electron chi connectivity index (χ0n) is 12.3. The van der Waals surface area contributed by atoms with Crippen LogP contribution in [0.2, 0.25) is 0 Å². The van der Waals surface area contributed by atoms with Gasteiger partial charge in [0.05, 0.1) is 0 Å². The van der Waals surface area contributed by atoms with E-state index in [4.69, 9.17) is 0 Å². The summed E-state index contributed by atoms with van der Waals surface area (Å²) in [7, 11) is 1.92. The Hall–Kier alpha value is -2.53. The van der Waals surface area contributed by atoms with Crippen molar-refractivity contribution in [1.82, 2.24) is 20.5 Å². The van der Waals surface area contributed by atoms with Gasteiger partial charge in [-0.3, -0.25) is 10.1 Å². The minimum absolute atomic E-state index is 0.250. The van der Waals surface area contributed by atoms with E-state index >= 15 is 0 Å². The first-order chi connectivity index (χ1) is 10.8. The van der Waals surface area contributed by atoms with Crippen molar-refractivity contribution < 1.29 is 4.39 Å². The van der Waals surface area contributed by atoms with Gasteiger partial charge in [-0.25, -0.2) is 4.39 Å². The number of rotatable bonds is 5. The Morgan fingerprint density at radius 3 is 2.45 bits per heavy atom. The molecule has 0 unspecified atom stereocenters. The van der Waals surface area contributed by atoms with Crippen LogP contribution >= 0.6 is 0 Å². The average molecular weight is 296 g/mol. The second-order valence-electron chi connectivity index (χ2n) is 5.02. The van der Waals surface area contributed by atoms with Gasteiger partial charge in [0, 0.05) is 42.2 Å². The number of nitrogens with zero attached hydrogens (tertiary/aromatic N) is 2. The predicted molar refractivity (Wildman–Crippen MR) is 84.8 cm³/mol. The maximum atomic E-state index is 13.2. The van der Waals surface area contributed by atoms with Crippen molar-refractivity contribution in [2.45, 2.75) is 6.42 Å². The summed E-state index contributed by atoms with van der Waals surface area (Å²) in [4.78, 5) is 4.07. The van der Waals surface area contributed by atoms with E-state index < -0.39 is 0 Å². The number of nitrogens with one attached hydrogen (secondary N) is 2. The molecule has 0 saturated carbocycles. The van der Waals surface area contributed by atoms with E-state index in [9.17, 15) is 4.39 Å². The summed E-state index contributed by atoms with van der Waals surface area (Å²) in [6.45, 7) is 0.850. The minimum atomic E-state index is -0.250. The van der Waals surface area contributed by atoms with Gasteiger partial charge >= 0.3 is 0 Å². The lowest BCUT2D eigenvalue weighted by atomic mass is 9.98. The van der Waals surface area contributed by atoms with Gasteiger partial charge in [-0.1, -0.05) is 0 Å². The Kier molecular flexibility index (Phi) is 4.25. The Labute approximate surface area is 128 Å². The average Bonchev–Trinajstić information content (AvgIpc) is 2.98. The zero-order valence-corrected chi connectivity index (χ0v) is 12.3. The fourth-order valence-corrected chi connectivity index (χ4v) is 2.46. The number of aromatic amines is 1. The van der Waals surface area contributed by atoms with Gasteiger partial charge < -0.3 is 5.32 Å². The zero-order chi connectivity index (χ0) is 15.4. The van der Waals surface area contributed by atoms with Crippen LogP contribution in [0.1, 0.15) is 5.69 Å². The topological polar surface area (TPSA) is 53.6 Å². The first kappa shape index (κ1) is 14.4. The number of likely N-dealkylation sites (N-methyl/N-ethyl adjacent to an activating group) is 1. The highest BCUT2D eigenvalue weighted by atomic mass is 19.1. The molecule has 0 aliphatic carbocycles. The third kappa shape index (κ3) is 2.89. The summed E-state index contributed by atoms with van der Waals surface area (Å²) in [5.41, 5.74) is 4.87. The normalized spacial score (nSPS) is 10.8. The van der Waals surface area contributed by atoms with Crippen molar-refractivity contribution in [2.24, 2.45) is 0 Å². The van der Waals surface area contributed by atoms with Crippen LogP contribution in [0.25, 0.3) is 22.4 Å². The van der Waals surface area contributed by atoms with Crippen molar-refractivity contribution in [3.63, 3.8) is 0 Å². The quantitative estimate of drug-likeness (QED) is 0.761. The van der Waals surface area contributed by atoms with Crippen LogP contribution in [-0.4, -0.2) is 28.8 Å². The molecule has 0 fully saturated rings. The maximum absolute atomic E-state index is 13.2. The van der Waals surface area contributed by atoms with E-state index in [-0.39, 0.29) is 5.82 Å². The molecule has 22 heavy (non-hydrogen) atoms. The molecule has 3 rings (SSSR count). The molecule has 0 spiro atoms. The molecular weight excluding hydrogens is 279 g/mol. The van der Waals surface area contributed by atoms with Crippen LogP contribution in [0.4, 0.5) is 4.39 Å². The van der Waals surface area contributed by atoms with E-state index in [1.54, 1.807) is 24.5 Å². The highest BCUT2D eigenvalue weighted by molar-refractivity contribution is 5.82. The van der Waals surface area contributed by atoms with Gasteiger partial charge in [-0.2, -0.15) is 5.10 Å². The molecule has 2 aromatic heterocycles. The summed E-state index contributed by atoms with van der Waals surface area (Å²) >= 11 is 0. The number of H-pyrrole nitrogens is 1. The van der Waals surface area contributed by atoms with Gasteiger partial charge in [0.1, 0.15) is 11.5 Å².